The van der Waals surface area contributed by atoms with Crippen LogP contribution in [0, 0.1) is 0 Å². The Morgan fingerprint density at radius 1 is 1.05 bits per heavy atom. The highest BCUT2D eigenvalue weighted by atomic mass is 32.1. The zero-order chi connectivity index (χ0) is 15.1. The lowest BCUT2D eigenvalue weighted by Crippen LogP contribution is -2.20. The summed E-state index contributed by atoms with van der Waals surface area (Å²) in [7, 11) is 2.15. The summed E-state index contributed by atoms with van der Waals surface area (Å²) in [4.78, 5) is 2.80. The van der Waals surface area contributed by atoms with Gasteiger partial charge in [0.05, 0.1) is 0 Å². The van der Waals surface area contributed by atoms with Crippen molar-refractivity contribution in [2.45, 2.75) is 19.4 Å². The summed E-state index contributed by atoms with van der Waals surface area (Å²) >= 11 is 5.02. The Hall–Kier alpha value is -1.71. The largest absolute Gasteiger partial charge is 0.389 e. The molecule has 0 aliphatic heterocycles. The third-order valence-corrected chi connectivity index (χ3v) is 3.75. The number of nitrogens with zero attached hydrogens (tertiary/aromatic N) is 1. The minimum absolute atomic E-state index is 0.462. The molecule has 0 aliphatic rings. The molecule has 0 saturated carbocycles. The molecule has 0 fully saturated rings. The summed E-state index contributed by atoms with van der Waals surface area (Å²) in [6.07, 6.45) is 2.29. The second-order valence-corrected chi connectivity index (χ2v) is 5.83. The van der Waals surface area contributed by atoms with Crippen molar-refractivity contribution in [3.63, 3.8) is 0 Å². The number of thiocarbonyl (C=S) groups is 1. The molecule has 0 saturated heterocycles. The molecule has 0 atom stereocenters. The van der Waals surface area contributed by atoms with Crippen LogP contribution in [0.4, 0.5) is 0 Å². The van der Waals surface area contributed by atoms with Gasteiger partial charge in [-0.3, -0.25) is 0 Å². The lowest BCUT2D eigenvalue weighted by atomic mass is 10.1. The minimum atomic E-state index is 0.462. The van der Waals surface area contributed by atoms with Crippen LogP contribution < -0.4 is 5.73 Å². The van der Waals surface area contributed by atoms with Gasteiger partial charge >= 0.3 is 0 Å². The predicted molar refractivity (Wildman–Crippen MR) is 93.4 cm³/mol. The normalized spacial score (nSPS) is 10.8. The monoisotopic (exact) mass is 298 g/mol. The molecule has 0 bridgehead atoms. The van der Waals surface area contributed by atoms with Gasteiger partial charge < -0.3 is 10.6 Å². The molecule has 2 rings (SSSR count). The van der Waals surface area contributed by atoms with Crippen LogP contribution in [0.1, 0.15) is 23.1 Å². The van der Waals surface area contributed by atoms with Crippen LogP contribution in [0.3, 0.4) is 0 Å². The van der Waals surface area contributed by atoms with Gasteiger partial charge in [0.1, 0.15) is 4.99 Å². The molecular weight excluding hydrogens is 276 g/mol. The standard InChI is InChI=1S/C18H22N2S/c1-20(12-6-10-15-7-3-2-4-8-15)14-16-9-5-11-17(13-16)18(19)21/h2-5,7-9,11,13H,6,10,12,14H2,1H3,(H2,19,21). The van der Waals surface area contributed by atoms with E-state index in [-0.39, 0.29) is 0 Å². The fourth-order valence-corrected chi connectivity index (χ4v) is 2.54. The molecule has 2 aromatic carbocycles. The first-order valence-corrected chi connectivity index (χ1v) is 7.67. The first-order valence-electron chi connectivity index (χ1n) is 7.26. The lowest BCUT2D eigenvalue weighted by molar-refractivity contribution is 0.322. The first kappa shape index (κ1) is 15.7. The molecule has 3 heteroatoms. The molecule has 0 unspecified atom stereocenters. The Morgan fingerprint density at radius 3 is 2.48 bits per heavy atom. The van der Waals surface area contributed by atoms with Crippen LogP contribution in [0.25, 0.3) is 0 Å². The van der Waals surface area contributed by atoms with E-state index in [0.29, 0.717) is 4.99 Å². The van der Waals surface area contributed by atoms with Crippen LogP contribution in [0.5, 0.6) is 0 Å². The number of aryl methyl sites for hydroxylation is 1. The zero-order valence-corrected chi connectivity index (χ0v) is 13.3. The van der Waals surface area contributed by atoms with Crippen molar-refractivity contribution in [3.8, 4) is 0 Å². The molecule has 110 valence electrons. The molecule has 0 spiro atoms. The van der Waals surface area contributed by atoms with E-state index in [0.717, 1.165) is 31.5 Å². The third-order valence-electron chi connectivity index (χ3n) is 3.51. The van der Waals surface area contributed by atoms with E-state index in [9.17, 15) is 0 Å². The summed E-state index contributed by atoms with van der Waals surface area (Å²) in [5.74, 6) is 0. The van der Waals surface area contributed by atoms with Crippen molar-refractivity contribution in [2.24, 2.45) is 5.73 Å². The van der Waals surface area contributed by atoms with Gasteiger partial charge in [-0.25, -0.2) is 0 Å². The van der Waals surface area contributed by atoms with Gasteiger partial charge in [-0.15, -0.1) is 0 Å². The Balaban J connectivity index is 1.80. The third kappa shape index (κ3) is 5.29. The van der Waals surface area contributed by atoms with Crippen molar-refractivity contribution >= 4 is 17.2 Å². The van der Waals surface area contributed by atoms with E-state index in [1.54, 1.807) is 0 Å². The van der Waals surface area contributed by atoms with Crippen molar-refractivity contribution in [1.82, 2.24) is 4.90 Å². The maximum atomic E-state index is 5.68. The second-order valence-electron chi connectivity index (χ2n) is 5.39. The topological polar surface area (TPSA) is 29.3 Å². The van der Waals surface area contributed by atoms with Crippen LogP contribution in [0.15, 0.2) is 54.6 Å². The van der Waals surface area contributed by atoms with E-state index in [4.69, 9.17) is 18.0 Å². The maximum Gasteiger partial charge on any atom is 0.103 e. The van der Waals surface area contributed by atoms with Gasteiger partial charge in [-0.1, -0.05) is 60.7 Å². The number of hydrogen-bond donors (Lipinski definition) is 1. The van der Waals surface area contributed by atoms with Crippen molar-refractivity contribution in [3.05, 3.63) is 71.3 Å². The van der Waals surface area contributed by atoms with Gasteiger partial charge in [0.2, 0.25) is 0 Å². The summed E-state index contributed by atoms with van der Waals surface area (Å²) in [6, 6.07) is 18.8. The van der Waals surface area contributed by atoms with E-state index in [2.05, 4.69) is 54.4 Å². The average molecular weight is 298 g/mol. The smallest absolute Gasteiger partial charge is 0.103 e. The summed E-state index contributed by atoms with van der Waals surface area (Å²) in [5.41, 5.74) is 9.28. The van der Waals surface area contributed by atoms with Crippen LogP contribution in [0.2, 0.25) is 0 Å². The predicted octanol–water partition coefficient (Wildman–Crippen LogP) is 3.39. The SMILES string of the molecule is CN(CCCc1ccccc1)Cc1cccc(C(N)=S)c1. The molecule has 0 amide bonds. The Labute approximate surface area is 132 Å². The van der Waals surface area contributed by atoms with Crippen LogP contribution in [-0.2, 0) is 13.0 Å². The van der Waals surface area contributed by atoms with Crippen LogP contribution >= 0.6 is 12.2 Å². The zero-order valence-electron chi connectivity index (χ0n) is 12.5. The van der Waals surface area contributed by atoms with E-state index in [1.165, 1.54) is 11.1 Å². The average Bonchev–Trinajstić information content (AvgIpc) is 2.48. The Morgan fingerprint density at radius 2 is 1.76 bits per heavy atom. The van der Waals surface area contributed by atoms with Gasteiger partial charge in [0.25, 0.3) is 0 Å². The number of nitrogens with two attached hydrogens (primary N) is 1. The molecule has 0 radical (unpaired) electrons. The summed E-state index contributed by atoms with van der Waals surface area (Å²) in [6.45, 7) is 2.00. The highest BCUT2D eigenvalue weighted by Crippen LogP contribution is 2.09. The Bertz CT molecular complexity index is 581. The summed E-state index contributed by atoms with van der Waals surface area (Å²) in [5, 5.41) is 0. The number of benzene rings is 2. The number of hydrogen-bond acceptors (Lipinski definition) is 2. The molecule has 0 aromatic heterocycles. The Kier molecular flexibility index (Phi) is 5.90. The molecular formula is C18H22N2S. The number of rotatable bonds is 7. The fourth-order valence-electron chi connectivity index (χ4n) is 2.41. The van der Waals surface area contributed by atoms with E-state index in [1.807, 2.05) is 12.1 Å². The molecule has 2 N–H and O–H groups in total. The highest BCUT2D eigenvalue weighted by molar-refractivity contribution is 7.80. The summed E-state index contributed by atoms with van der Waals surface area (Å²) < 4.78 is 0. The molecule has 0 aliphatic carbocycles. The molecule has 2 aromatic rings. The second kappa shape index (κ2) is 7.91. The van der Waals surface area contributed by atoms with E-state index >= 15 is 0 Å². The lowest BCUT2D eigenvalue weighted by Gasteiger charge is -2.17. The quantitative estimate of drug-likeness (QED) is 0.795. The molecule has 21 heavy (non-hydrogen) atoms. The first-order chi connectivity index (χ1) is 10.1. The van der Waals surface area contributed by atoms with Gasteiger partial charge in [0.15, 0.2) is 0 Å². The van der Waals surface area contributed by atoms with Crippen molar-refractivity contribution in [2.75, 3.05) is 13.6 Å². The van der Waals surface area contributed by atoms with Crippen molar-refractivity contribution in [1.29, 1.82) is 0 Å². The highest BCUT2D eigenvalue weighted by Gasteiger charge is 2.03. The van der Waals surface area contributed by atoms with Gasteiger partial charge in [-0.2, -0.15) is 0 Å². The molecule has 0 heterocycles. The van der Waals surface area contributed by atoms with Crippen LogP contribution in [-0.4, -0.2) is 23.5 Å². The maximum absolute atomic E-state index is 5.68. The molecule has 2 nitrogen and oxygen atoms in total. The van der Waals surface area contributed by atoms with Gasteiger partial charge in [0, 0.05) is 12.1 Å². The van der Waals surface area contributed by atoms with Crippen molar-refractivity contribution < 1.29 is 0 Å². The minimum Gasteiger partial charge on any atom is -0.389 e. The van der Waals surface area contributed by atoms with E-state index < -0.39 is 0 Å². The fraction of sp³-hybridized carbons (Fsp3) is 0.278. The van der Waals surface area contributed by atoms with Gasteiger partial charge in [-0.05, 0) is 43.6 Å².